The minimum atomic E-state index is -0.701. The van der Waals surface area contributed by atoms with Crippen LogP contribution in [-0.2, 0) is 17.9 Å². The molecule has 7 heteroatoms. The summed E-state index contributed by atoms with van der Waals surface area (Å²) in [6.45, 7) is 0.475. The SMILES string of the molecule is COc1cc2c(=O)c(C(=O)OCc3ccc(Cl)cc3)cn(Cc3ccccc3)c2cc1OC. The fourth-order valence-electron chi connectivity index (χ4n) is 3.58. The molecule has 4 rings (SSSR count). The number of carbonyl (C=O) groups excluding carboxylic acids is 1. The highest BCUT2D eigenvalue weighted by Gasteiger charge is 2.19. The zero-order valence-corrected chi connectivity index (χ0v) is 19.0. The van der Waals surface area contributed by atoms with Crippen molar-refractivity contribution in [3.8, 4) is 11.5 Å². The average molecular weight is 464 g/mol. The number of aromatic nitrogens is 1. The van der Waals surface area contributed by atoms with E-state index in [0.717, 1.165) is 11.1 Å². The van der Waals surface area contributed by atoms with Crippen molar-refractivity contribution in [1.82, 2.24) is 4.57 Å². The molecular formula is C26H22ClNO5. The highest BCUT2D eigenvalue weighted by molar-refractivity contribution is 6.30. The monoisotopic (exact) mass is 463 g/mol. The second kappa shape index (κ2) is 9.79. The fourth-order valence-corrected chi connectivity index (χ4v) is 3.71. The van der Waals surface area contributed by atoms with Crippen LogP contribution in [0.5, 0.6) is 11.5 Å². The number of rotatable bonds is 7. The number of fused-ring (bicyclic) bond motifs is 1. The van der Waals surface area contributed by atoms with Gasteiger partial charge in [0.15, 0.2) is 11.5 Å². The molecule has 1 heterocycles. The van der Waals surface area contributed by atoms with Gasteiger partial charge in [-0.15, -0.1) is 0 Å². The average Bonchev–Trinajstić information content (AvgIpc) is 2.85. The van der Waals surface area contributed by atoms with Crippen LogP contribution >= 0.6 is 11.6 Å². The molecular weight excluding hydrogens is 442 g/mol. The quantitative estimate of drug-likeness (QED) is 0.358. The molecule has 0 unspecified atom stereocenters. The normalized spacial score (nSPS) is 10.8. The second-order valence-corrected chi connectivity index (χ2v) is 7.85. The third-order valence-corrected chi connectivity index (χ3v) is 5.54. The molecule has 0 saturated carbocycles. The Morgan fingerprint density at radius 1 is 0.909 bits per heavy atom. The first-order chi connectivity index (χ1) is 16.0. The lowest BCUT2D eigenvalue weighted by Gasteiger charge is -2.16. The first kappa shape index (κ1) is 22.4. The van der Waals surface area contributed by atoms with Crippen LogP contribution in [-0.4, -0.2) is 24.8 Å². The Bertz CT molecular complexity index is 1350. The molecule has 0 fully saturated rings. The number of esters is 1. The van der Waals surface area contributed by atoms with Crippen molar-refractivity contribution in [2.24, 2.45) is 0 Å². The maximum absolute atomic E-state index is 13.3. The van der Waals surface area contributed by atoms with E-state index < -0.39 is 11.4 Å². The minimum absolute atomic E-state index is 0.0259. The summed E-state index contributed by atoms with van der Waals surface area (Å²) >= 11 is 5.91. The lowest BCUT2D eigenvalue weighted by Crippen LogP contribution is -2.21. The van der Waals surface area contributed by atoms with Crippen molar-refractivity contribution in [1.29, 1.82) is 0 Å². The Morgan fingerprint density at radius 3 is 2.24 bits per heavy atom. The summed E-state index contributed by atoms with van der Waals surface area (Å²) in [5, 5.41) is 0.928. The Morgan fingerprint density at radius 2 is 1.58 bits per heavy atom. The summed E-state index contributed by atoms with van der Waals surface area (Å²) in [5.41, 5.74) is 1.91. The molecule has 0 amide bonds. The fraction of sp³-hybridized carbons (Fsp3) is 0.154. The summed E-state index contributed by atoms with van der Waals surface area (Å²) in [5.74, 6) is 0.192. The van der Waals surface area contributed by atoms with Crippen LogP contribution in [0.15, 0.2) is 77.7 Å². The number of methoxy groups -OCH3 is 2. The van der Waals surface area contributed by atoms with Gasteiger partial charge in [0.1, 0.15) is 12.2 Å². The first-order valence-corrected chi connectivity index (χ1v) is 10.6. The van der Waals surface area contributed by atoms with Crippen molar-refractivity contribution in [3.63, 3.8) is 0 Å². The molecule has 6 nitrogen and oxygen atoms in total. The summed E-state index contributed by atoms with van der Waals surface area (Å²) in [4.78, 5) is 26.2. The molecule has 0 bridgehead atoms. The van der Waals surface area contributed by atoms with Gasteiger partial charge in [0.25, 0.3) is 0 Å². The number of pyridine rings is 1. The number of carbonyl (C=O) groups is 1. The van der Waals surface area contributed by atoms with Crippen LogP contribution in [0.4, 0.5) is 0 Å². The van der Waals surface area contributed by atoms with Crippen molar-refractivity contribution >= 4 is 28.5 Å². The van der Waals surface area contributed by atoms with E-state index in [0.29, 0.717) is 34.0 Å². The third-order valence-electron chi connectivity index (χ3n) is 5.28. The molecule has 0 atom stereocenters. The van der Waals surface area contributed by atoms with Gasteiger partial charge >= 0.3 is 5.97 Å². The standard InChI is InChI=1S/C26H22ClNO5/c1-31-23-12-20-22(13-24(23)32-2)28(14-17-6-4-3-5-7-17)15-21(25(20)29)26(30)33-16-18-8-10-19(27)11-9-18/h3-13,15H,14,16H2,1-2H3. The molecule has 0 aliphatic rings. The first-order valence-electron chi connectivity index (χ1n) is 10.2. The molecule has 33 heavy (non-hydrogen) atoms. The number of halogens is 1. The van der Waals surface area contributed by atoms with Crippen LogP contribution in [0.2, 0.25) is 5.02 Å². The number of hydrogen-bond acceptors (Lipinski definition) is 5. The smallest absolute Gasteiger partial charge is 0.343 e. The largest absolute Gasteiger partial charge is 0.493 e. The maximum atomic E-state index is 13.3. The minimum Gasteiger partial charge on any atom is -0.493 e. The van der Waals surface area contributed by atoms with Crippen LogP contribution in [0, 0.1) is 0 Å². The van der Waals surface area contributed by atoms with Crippen molar-refractivity contribution in [2.75, 3.05) is 14.2 Å². The van der Waals surface area contributed by atoms with Crippen LogP contribution < -0.4 is 14.9 Å². The summed E-state index contributed by atoms with van der Waals surface area (Å²) in [6.07, 6.45) is 1.54. The number of nitrogens with zero attached hydrogens (tertiary/aromatic N) is 1. The predicted octanol–water partition coefficient (Wildman–Crippen LogP) is 5.08. The van der Waals surface area contributed by atoms with Crippen molar-refractivity contribution in [2.45, 2.75) is 13.2 Å². The van der Waals surface area contributed by atoms with E-state index in [1.807, 2.05) is 34.9 Å². The Balaban J connectivity index is 1.78. The van der Waals surface area contributed by atoms with Gasteiger partial charge in [-0.25, -0.2) is 4.79 Å². The highest BCUT2D eigenvalue weighted by atomic mass is 35.5. The number of ether oxygens (including phenoxy) is 3. The molecule has 3 aromatic carbocycles. The molecule has 0 radical (unpaired) electrons. The van der Waals surface area contributed by atoms with E-state index in [4.69, 9.17) is 25.8 Å². The van der Waals surface area contributed by atoms with Gasteiger partial charge in [-0.3, -0.25) is 4.79 Å². The lowest BCUT2D eigenvalue weighted by atomic mass is 10.1. The van der Waals surface area contributed by atoms with E-state index in [9.17, 15) is 9.59 Å². The van der Waals surface area contributed by atoms with E-state index >= 15 is 0 Å². The molecule has 0 aliphatic carbocycles. The van der Waals surface area contributed by atoms with Gasteiger partial charge < -0.3 is 18.8 Å². The summed E-state index contributed by atoms with van der Waals surface area (Å²) in [7, 11) is 3.03. The van der Waals surface area contributed by atoms with Gasteiger partial charge in [-0.05, 0) is 29.3 Å². The highest BCUT2D eigenvalue weighted by Crippen LogP contribution is 2.31. The summed E-state index contributed by atoms with van der Waals surface area (Å²) in [6, 6.07) is 20.0. The van der Waals surface area contributed by atoms with Gasteiger partial charge in [-0.2, -0.15) is 0 Å². The number of benzene rings is 3. The third kappa shape index (κ3) is 4.86. The number of hydrogen-bond donors (Lipinski definition) is 0. The zero-order valence-electron chi connectivity index (χ0n) is 18.2. The second-order valence-electron chi connectivity index (χ2n) is 7.41. The Kier molecular flexibility index (Phi) is 6.66. The van der Waals surface area contributed by atoms with E-state index in [-0.39, 0.29) is 12.2 Å². The predicted molar refractivity (Wildman–Crippen MR) is 127 cm³/mol. The maximum Gasteiger partial charge on any atom is 0.343 e. The molecule has 0 N–H and O–H groups in total. The Hall–Kier alpha value is -3.77. The molecule has 0 saturated heterocycles. The molecule has 0 aliphatic heterocycles. The van der Waals surface area contributed by atoms with Gasteiger partial charge in [0.05, 0.1) is 25.1 Å². The van der Waals surface area contributed by atoms with E-state index in [1.165, 1.54) is 20.4 Å². The van der Waals surface area contributed by atoms with Crippen LogP contribution in [0.3, 0.4) is 0 Å². The lowest BCUT2D eigenvalue weighted by molar-refractivity contribution is 0.0470. The van der Waals surface area contributed by atoms with Crippen LogP contribution in [0.1, 0.15) is 21.5 Å². The molecule has 1 aromatic heterocycles. The van der Waals surface area contributed by atoms with Crippen LogP contribution in [0.25, 0.3) is 10.9 Å². The summed E-state index contributed by atoms with van der Waals surface area (Å²) < 4.78 is 18.1. The van der Waals surface area contributed by atoms with Crippen molar-refractivity contribution < 1.29 is 19.0 Å². The van der Waals surface area contributed by atoms with E-state index in [1.54, 1.807) is 36.4 Å². The molecule has 4 aromatic rings. The van der Waals surface area contributed by atoms with Crippen molar-refractivity contribution in [3.05, 3.63) is 105 Å². The zero-order chi connectivity index (χ0) is 23.4. The van der Waals surface area contributed by atoms with Gasteiger partial charge in [0, 0.05) is 23.8 Å². The molecule has 0 spiro atoms. The van der Waals surface area contributed by atoms with Gasteiger partial charge in [-0.1, -0.05) is 54.1 Å². The Labute approximate surface area is 195 Å². The molecule has 168 valence electrons. The van der Waals surface area contributed by atoms with Gasteiger partial charge in [0.2, 0.25) is 5.43 Å². The van der Waals surface area contributed by atoms with E-state index in [2.05, 4.69) is 0 Å². The topological polar surface area (TPSA) is 66.8 Å².